The lowest BCUT2D eigenvalue weighted by atomic mass is 9.93. The van der Waals surface area contributed by atoms with Crippen molar-refractivity contribution in [2.24, 2.45) is 0 Å². The standard InChI is InChI=1S/C24H28N2O2/c1-3-28-24(27)23-21(15-25-19-7-6-8-19)20-9-4-5-10-22(20)26(23)16-18-13-11-17(2)12-14-18/h4-5,9-14,19,25H,3,6-8,15-16H2,1-2H3. The second-order valence-electron chi connectivity index (χ2n) is 7.65. The van der Waals surface area contributed by atoms with Gasteiger partial charge in [-0.15, -0.1) is 0 Å². The third-order valence-corrected chi connectivity index (χ3v) is 5.68. The Bertz CT molecular complexity index is 968. The first kappa shape index (κ1) is 18.8. The van der Waals surface area contributed by atoms with Crippen LogP contribution in [0.2, 0.25) is 0 Å². The van der Waals surface area contributed by atoms with Gasteiger partial charge in [0.25, 0.3) is 0 Å². The molecule has 0 aliphatic heterocycles. The van der Waals surface area contributed by atoms with E-state index in [0.717, 1.165) is 16.5 Å². The van der Waals surface area contributed by atoms with Gasteiger partial charge in [-0.2, -0.15) is 0 Å². The summed E-state index contributed by atoms with van der Waals surface area (Å²) >= 11 is 0. The first-order valence-electron chi connectivity index (χ1n) is 10.2. The van der Waals surface area contributed by atoms with E-state index in [1.54, 1.807) is 0 Å². The molecule has 1 aliphatic rings. The molecule has 1 heterocycles. The van der Waals surface area contributed by atoms with Crippen molar-refractivity contribution in [3.05, 3.63) is 70.9 Å². The number of esters is 1. The molecule has 1 saturated carbocycles. The second kappa shape index (κ2) is 8.19. The van der Waals surface area contributed by atoms with Crippen molar-refractivity contribution in [1.82, 2.24) is 9.88 Å². The van der Waals surface area contributed by atoms with Crippen LogP contribution in [0.15, 0.2) is 48.5 Å². The molecule has 1 N–H and O–H groups in total. The van der Waals surface area contributed by atoms with E-state index in [2.05, 4.69) is 53.2 Å². The number of nitrogens with one attached hydrogen (secondary N) is 1. The fourth-order valence-corrected chi connectivity index (χ4v) is 3.89. The molecule has 0 bridgehead atoms. The number of rotatable bonds is 7. The van der Waals surface area contributed by atoms with Crippen LogP contribution >= 0.6 is 0 Å². The fourth-order valence-electron chi connectivity index (χ4n) is 3.89. The number of carbonyl (C=O) groups is 1. The maximum Gasteiger partial charge on any atom is 0.355 e. The average molecular weight is 377 g/mol. The molecule has 0 radical (unpaired) electrons. The minimum Gasteiger partial charge on any atom is -0.461 e. The molecule has 0 amide bonds. The Morgan fingerprint density at radius 3 is 2.57 bits per heavy atom. The maximum atomic E-state index is 13.0. The van der Waals surface area contributed by atoms with Crippen LogP contribution in [0.1, 0.15) is 53.4 Å². The Morgan fingerprint density at radius 1 is 1.14 bits per heavy atom. The van der Waals surface area contributed by atoms with Crippen LogP contribution in [0.4, 0.5) is 0 Å². The predicted molar refractivity (Wildman–Crippen MR) is 113 cm³/mol. The van der Waals surface area contributed by atoms with E-state index < -0.39 is 0 Å². The lowest BCUT2D eigenvalue weighted by molar-refractivity contribution is 0.0513. The van der Waals surface area contributed by atoms with Crippen molar-refractivity contribution in [1.29, 1.82) is 0 Å². The molecule has 1 aliphatic carbocycles. The Morgan fingerprint density at radius 2 is 1.89 bits per heavy atom. The van der Waals surface area contributed by atoms with E-state index in [-0.39, 0.29) is 5.97 Å². The van der Waals surface area contributed by atoms with Gasteiger partial charge in [-0.1, -0.05) is 54.4 Å². The highest BCUT2D eigenvalue weighted by molar-refractivity contribution is 5.99. The molecule has 1 aromatic heterocycles. The summed E-state index contributed by atoms with van der Waals surface area (Å²) in [5.41, 5.74) is 5.22. The van der Waals surface area contributed by atoms with Gasteiger partial charge in [0.05, 0.1) is 6.61 Å². The molecule has 3 aromatic rings. The first-order valence-corrected chi connectivity index (χ1v) is 10.2. The summed E-state index contributed by atoms with van der Waals surface area (Å²) in [5.74, 6) is -0.240. The minimum atomic E-state index is -0.240. The smallest absolute Gasteiger partial charge is 0.355 e. The molecule has 4 rings (SSSR count). The highest BCUT2D eigenvalue weighted by Gasteiger charge is 2.25. The Labute approximate surface area is 166 Å². The van der Waals surface area contributed by atoms with Gasteiger partial charge >= 0.3 is 5.97 Å². The Balaban J connectivity index is 1.79. The number of carbonyl (C=O) groups excluding carboxylic acids is 1. The summed E-state index contributed by atoms with van der Waals surface area (Å²) in [5, 5.41) is 4.76. The Kier molecular flexibility index (Phi) is 5.49. The zero-order valence-corrected chi connectivity index (χ0v) is 16.7. The van der Waals surface area contributed by atoms with E-state index in [0.29, 0.717) is 31.4 Å². The predicted octanol–water partition coefficient (Wildman–Crippen LogP) is 4.82. The molecule has 0 spiro atoms. The van der Waals surface area contributed by atoms with Gasteiger partial charge in [0.15, 0.2) is 0 Å². The molecule has 0 saturated heterocycles. The summed E-state index contributed by atoms with van der Waals surface area (Å²) in [6, 6.07) is 17.3. The van der Waals surface area contributed by atoms with E-state index in [4.69, 9.17) is 4.74 Å². The van der Waals surface area contributed by atoms with Crippen molar-refractivity contribution >= 4 is 16.9 Å². The van der Waals surface area contributed by atoms with Crippen LogP contribution < -0.4 is 5.32 Å². The van der Waals surface area contributed by atoms with Crippen molar-refractivity contribution < 1.29 is 9.53 Å². The van der Waals surface area contributed by atoms with Gasteiger partial charge in [0.1, 0.15) is 5.69 Å². The van der Waals surface area contributed by atoms with Crippen molar-refractivity contribution in [3.63, 3.8) is 0 Å². The number of hydrogen-bond donors (Lipinski definition) is 1. The number of nitrogens with zero attached hydrogens (tertiary/aromatic N) is 1. The summed E-state index contributed by atoms with van der Waals surface area (Å²) in [4.78, 5) is 13.0. The van der Waals surface area contributed by atoms with Crippen LogP contribution in [-0.2, 0) is 17.8 Å². The molecule has 28 heavy (non-hydrogen) atoms. The number of ether oxygens (including phenoxy) is 1. The molecule has 4 nitrogen and oxygen atoms in total. The summed E-state index contributed by atoms with van der Waals surface area (Å²) in [6.07, 6.45) is 3.73. The summed E-state index contributed by atoms with van der Waals surface area (Å²) < 4.78 is 7.58. The molecular formula is C24H28N2O2. The number of fused-ring (bicyclic) bond motifs is 1. The van der Waals surface area contributed by atoms with Gasteiger partial charge in [0, 0.05) is 35.6 Å². The Hall–Kier alpha value is -2.59. The summed E-state index contributed by atoms with van der Waals surface area (Å²) in [6.45, 7) is 5.67. The van der Waals surface area contributed by atoms with Crippen LogP contribution in [0, 0.1) is 6.92 Å². The zero-order valence-electron chi connectivity index (χ0n) is 16.7. The number of hydrogen-bond acceptors (Lipinski definition) is 3. The van der Waals surface area contributed by atoms with Gasteiger partial charge in [-0.05, 0) is 38.3 Å². The lowest BCUT2D eigenvalue weighted by Crippen LogP contribution is -2.35. The van der Waals surface area contributed by atoms with E-state index >= 15 is 0 Å². The van der Waals surface area contributed by atoms with Crippen LogP contribution in [0.25, 0.3) is 10.9 Å². The van der Waals surface area contributed by atoms with Crippen molar-refractivity contribution in [3.8, 4) is 0 Å². The molecule has 0 unspecified atom stereocenters. The van der Waals surface area contributed by atoms with Gasteiger partial charge < -0.3 is 14.6 Å². The second-order valence-corrected chi connectivity index (χ2v) is 7.65. The molecule has 146 valence electrons. The first-order chi connectivity index (χ1) is 13.7. The van der Waals surface area contributed by atoms with Gasteiger partial charge in [0.2, 0.25) is 0 Å². The van der Waals surface area contributed by atoms with Gasteiger partial charge in [-0.25, -0.2) is 4.79 Å². The topological polar surface area (TPSA) is 43.3 Å². The number of aryl methyl sites for hydroxylation is 1. The van der Waals surface area contributed by atoms with Crippen molar-refractivity contribution in [2.75, 3.05) is 6.61 Å². The maximum absolute atomic E-state index is 13.0. The highest BCUT2D eigenvalue weighted by atomic mass is 16.5. The monoisotopic (exact) mass is 376 g/mol. The summed E-state index contributed by atoms with van der Waals surface area (Å²) in [7, 11) is 0. The van der Waals surface area contributed by atoms with Crippen LogP contribution in [0.3, 0.4) is 0 Å². The zero-order chi connectivity index (χ0) is 19.5. The van der Waals surface area contributed by atoms with Crippen LogP contribution in [-0.4, -0.2) is 23.2 Å². The van der Waals surface area contributed by atoms with E-state index in [1.807, 2.05) is 19.1 Å². The molecule has 1 fully saturated rings. The molecular weight excluding hydrogens is 348 g/mol. The third-order valence-electron chi connectivity index (χ3n) is 5.68. The van der Waals surface area contributed by atoms with Crippen LogP contribution in [0.5, 0.6) is 0 Å². The van der Waals surface area contributed by atoms with Crippen molar-refractivity contribution in [2.45, 2.75) is 52.2 Å². The fraction of sp³-hybridized carbons (Fsp3) is 0.375. The lowest BCUT2D eigenvalue weighted by Gasteiger charge is -2.26. The SMILES string of the molecule is CCOC(=O)c1c(CNC2CCC2)c2ccccc2n1Cc1ccc(C)cc1. The number of benzene rings is 2. The number of para-hydroxylation sites is 1. The molecule has 0 atom stereocenters. The third kappa shape index (κ3) is 3.69. The molecule has 4 heteroatoms. The quantitative estimate of drug-likeness (QED) is 0.602. The van der Waals surface area contributed by atoms with E-state index in [9.17, 15) is 4.79 Å². The normalized spacial score (nSPS) is 14.2. The average Bonchev–Trinajstić information content (AvgIpc) is 2.96. The molecule has 2 aromatic carbocycles. The minimum absolute atomic E-state index is 0.240. The number of aromatic nitrogens is 1. The van der Waals surface area contributed by atoms with E-state index in [1.165, 1.54) is 30.4 Å². The largest absolute Gasteiger partial charge is 0.461 e. The van der Waals surface area contributed by atoms with Gasteiger partial charge in [-0.3, -0.25) is 0 Å². The highest BCUT2D eigenvalue weighted by Crippen LogP contribution is 2.29.